The van der Waals surface area contributed by atoms with Crippen molar-refractivity contribution in [3.8, 4) is 0 Å². The third kappa shape index (κ3) is 3.01. The predicted molar refractivity (Wildman–Crippen MR) is 118 cm³/mol. The molecule has 0 radical (unpaired) electrons. The number of ketones is 1. The largest absolute Gasteiger partial charge is 0.296 e. The smallest absolute Gasteiger partial charge is 0.182 e. The Morgan fingerprint density at radius 2 is 1.79 bits per heavy atom. The van der Waals surface area contributed by atoms with E-state index in [0.29, 0.717) is 17.6 Å². The first-order valence-corrected chi connectivity index (χ1v) is 11.6. The number of Topliss-reactive ketones (excluding diaryl/α,β-unsaturated/α-hetero) is 1. The average molecular weight is 401 g/mol. The number of fused-ring (bicyclic) bond motifs is 2. The molecule has 146 valence electrons. The Kier molecular flexibility index (Phi) is 4.08. The first-order valence-electron chi connectivity index (χ1n) is 10.7. The average Bonchev–Trinajstić information content (AvgIpc) is 3.30. The molecule has 4 heteroatoms. The lowest BCUT2D eigenvalue weighted by Gasteiger charge is -2.28. The SMILES string of the molecule is O=C(c1c(C2CC2)ccc2cncn12)C1CCC(c2ccc3ccsc3c2)CC1. The molecule has 0 amide bonds. The fraction of sp³-hybridized carbons (Fsp3) is 0.360. The highest BCUT2D eigenvalue weighted by Crippen LogP contribution is 2.44. The van der Waals surface area contributed by atoms with Crippen molar-refractivity contribution >= 4 is 32.7 Å². The Labute approximate surface area is 174 Å². The molecule has 3 nitrogen and oxygen atoms in total. The molecule has 0 aliphatic heterocycles. The molecule has 1 aromatic carbocycles. The van der Waals surface area contributed by atoms with Crippen LogP contribution in [0.25, 0.3) is 15.6 Å². The van der Waals surface area contributed by atoms with Gasteiger partial charge in [0.15, 0.2) is 5.78 Å². The lowest BCUT2D eigenvalue weighted by atomic mass is 9.76. The molecule has 0 N–H and O–H groups in total. The van der Waals surface area contributed by atoms with Crippen LogP contribution in [0.3, 0.4) is 0 Å². The van der Waals surface area contributed by atoms with Crippen molar-refractivity contribution in [1.82, 2.24) is 9.38 Å². The topological polar surface area (TPSA) is 34.4 Å². The third-order valence-corrected chi connectivity index (χ3v) is 7.79. The van der Waals surface area contributed by atoms with Gasteiger partial charge in [0.05, 0.1) is 23.7 Å². The van der Waals surface area contributed by atoms with Crippen LogP contribution in [-0.4, -0.2) is 15.2 Å². The van der Waals surface area contributed by atoms with Crippen molar-refractivity contribution in [2.24, 2.45) is 5.92 Å². The molecule has 29 heavy (non-hydrogen) atoms. The molecule has 2 fully saturated rings. The first kappa shape index (κ1) is 17.4. The zero-order valence-corrected chi connectivity index (χ0v) is 17.2. The van der Waals surface area contributed by atoms with E-state index in [-0.39, 0.29) is 5.92 Å². The number of benzene rings is 1. The number of pyridine rings is 1. The summed E-state index contributed by atoms with van der Waals surface area (Å²) in [4.78, 5) is 17.9. The third-order valence-electron chi connectivity index (χ3n) is 6.92. The summed E-state index contributed by atoms with van der Waals surface area (Å²) in [7, 11) is 0. The van der Waals surface area contributed by atoms with Crippen molar-refractivity contribution in [1.29, 1.82) is 0 Å². The van der Waals surface area contributed by atoms with Gasteiger partial charge < -0.3 is 0 Å². The van der Waals surface area contributed by atoms with Crippen LogP contribution in [0.5, 0.6) is 0 Å². The Hall–Kier alpha value is -2.46. The molecular weight excluding hydrogens is 376 g/mol. The quantitative estimate of drug-likeness (QED) is 0.362. The van der Waals surface area contributed by atoms with Crippen molar-refractivity contribution in [3.63, 3.8) is 0 Å². The summed E-state index contributed by atoms with van der Waals surface area (Å²) >= 11 is 1.82. The maximum atomic E-state index is 13.6. The maximum Gasteiger partial charge on any atom is 0.182 e. The first-order chi connectivity index (χ1) is 14.3. The van der Waals surface area contributed by atoms with Crippen LogP contribution >= 0.6 is 11.3 Å². The molecular formula is C25H24N2OS. The number of carbonyl (C=O) groups is 1. The van der Waals surface area contributed by atoms with Crippen LogP contribution in [0.4, 0.5) is 0 Å². The van der Waals surface area contributed by atoms with E-state index < -0.39 is 0 Å². The number of carbonyl (C=O) groups excluding carboxylic acids is 1. The summed E-state index contributed by atoms with van der Waals surface area (Å²) in [6, 6.07) is 13.4. The minimum atomic E-state index is 0.141. The van der Waals surface area contributed by atoms with Gasteiger partial charge >= 0.3 is 0 Å². The number of imidazole rings is 1. The number of hydrogen-bond donors (Lipinski definition) is 0. The zero-order chi connectivity index (χ0) is 19.4. The highest BCUT2D eigenvalue weighted by atomic mass is 32.1. The fourth-order valence-corrected chi connectivity index (χ4v) is 5.94. The zero-order valence-electron chi connectivity index (χ0n) is 16.4. The van der Waals surface area contributed by atoms with Gasteiger partial charge in [0, 0.05) is 10.6 Å². The van der Waals surface area contributed by atoms with E-state index in [1.165, 1.54) is 34.1 Å². The van der Waals surface area contributed by atoms with Crippen LogP contribution in [0.15, 0.2) is 54.3 Å². The second-order valence-corrected chi connectivity index (χ2v) is 9.68. The van der Waals surface area contributed by atoms with Crippen molar-refractivity contribution in [2.75, 3.05) is 0 Å². The highest BCUT2D eigenvalue weighted by molar-refractivity contribution is 7.17. The molecule has 4 aromatic rings. The van der Waals surface area contributed by atoms with Gasteiger partial charge in [0.25, 0.3) is 0 Å². The summed E-state index contributed by atoms with van der Waals surface area (Å²) in [6.07, 6.45) is 10.3. The lowest BCUT2D eigenvalue weighted by Crippen LogP contribution is -2.24. The monoisotopic (exact) mass is 400 g/mol. The van der Waals surface area contributed by atoms with E-state index in [2.05, 4.69) is 46.8 Å². The second-order valence-electron chi connectivity index (χ2n) is 8.73. The normalized spacial score (nSPS) is 22.3. The molecule has 0 spiro atoms. The van der Waals surface area contributed by atoms with Crippen LogP contribution in [0.2, 0.25) is 0 Å². The maximum absolute atomic E-state index is 13.6. The van der Waals surface area contributed by atoms with Crippen molar-refractivity contribution in [3.05, 3.63) is 71.1 Å². The number of rotatable bonds is 4. The highest BCUT2D eigenvalue weighted by Gasteiger charge is 2.34. The number of nitrogens with zero attached hydrogens (tertiary/aromatic N) is 2. The second kappa shape index (κ2) is 6.81. The standard InChI is InChI=1S/C25H24N2OS/c28-25(24-22(17-3-4-17)10-9-21-14-26-15-27(21)24)19-6-1-16(2-7-19)20-8-5-18-11-12-29-23(18)13-20/h5,8-17,19H,1-4,6-7H2. The van der Waals surface area contributed by atoms with Gasteiger partial charge in [-0.1, -0.05) is 18.2 Å². The van der Waals surface area contributed by atoms with Gasteiger partial charge in [-0.3, -0.25) is 9.20 Å². The molecule has 3 heterocycles. The van der Waals surface area contributed by atoms with Crippen LogP contribution in [0, 0.1) is 5.92 Å². The number of aromatic nitrogens is 2. The van der Waals surface area contributed by atoms with E-state index in [4.69, 9.17) is 0 Å². The summed E-state index contributed by atoms with van der Waals surface area (Å²) in [5.41, 5.74) is 4.62. The van der Waals surface area contributed by atoms with Crippen LogP contribution in [-0.2, 0) is 0 Å². The van der Waals surface area contributed by atoms with E-state index in [1.54, 1.807) is 0 Å². The van der Waals surface area contributed by atoms with Crippen LogP contribution in [0.1, 0.15) is 72.0 Å². The number of thiophene rings is 1. The van der Waals surface area contributed by atoms with E-state index in [0.717, 1.165) is 36.9 Å². The van der Waals surface area contributed by atoms with Gasteiger partial charge in [0.1, 0.15) is 0 Å². The van der Waals surface area contributed by atoms with Crippen molar-refractivity contribution in [2.45, 2.75) is 50.4 Å². The van der Waals surface area contributed by atoms with Gasteiger partial charge in [0.2, 0.25) is 0 Å². The fourth-order valence-electron chi connectivity index (χ4n) is 5.10. The molecule has 6 rings (SSSR count). The van der Waals surface area contributed by atoms with Gasteiger partial charge in [-0.2, -0.15) is 0 Å². The molecule has 2 aliphatic rings. The summed E-state index contributed by atoms with van der Waals surface area (Å²) < 4.78 is 3.41. The molecule has 0 unspecified atom stereocenters. The van der Waals surface area contributed by atoms with Crippen LogP contribution < -0.4 is 0 Å². The molecule has 0 bridgehead atoms. The summed E-state index contributed by atoms with van der Waals surface area (Å²) in [6.45, 7) is 0. The number of hydrogen-bond acceptors (Lipinski definition) is 3. The lowest BCUT2D eigenvalue weighted by molar-refractivity contribution is 0.0876. The summed E-state index contributed by atoms with van der Waals surface area (Å²) in [5, 5.41) is 3.50. The predicted octanol–water partition coefficient (Wildman–Crippen LogP) is 6.58. The Morgan fingerprint density at radius 3 is 2.62 bits per heavy atom. The van der Waals surface area contributed by atoms with Gasteiger partial charge in [-0.25, -0.2) is 4.98 Å². The van der Waals surface area contributed by atoms with E-state index in [1.807, 2.05) is 28.3 Å². The minimum absolute atomic E-state index is 0.141. The van der Waals surface area contributed by atoms with Gasteiger partial charge in [-0.05, 0) is 90.5 Å². The van der Waals surface area contributed by atoms with E-state index in [9.17, 15) is 4.79 Å². The molecule has 3 aromatic heterocycles. The van der Waals surface area contributed by atoms with Crippen molar-refractivity contribution < 1.29 is 4.79 Å². The Bertz CT molecular complexity index is 1210. The van der Waals surface area contributed by atoms with E-state index >= 15 is 0 Å². The molecule has 0 atom stereocenters. The minimum Gasteiger partial charge on any atom is -0.296 e. The molecule has 2 aliphatic carbocycles. The Morgan fingerprint density at radius 1 is 0.966 bits per heavy atom. The van der Waals surface area contributed by atoms with Gasteiger partial charge in [-0.15, -0.1) is 11.3 Å². The molecule has 2 saturated carbocycles. The Balaban J connectivity index is 1.25. The summed E-state index contributed by atoms with van der Waals surface area (Å²) in [5.74, 6) is 1.62. The molecule has 0 saturated heterocycles.